The van der Waals surface area contributed by atoms with E-state index in [1.165, 1.54) is 11.8 Å². The molecule has 1 spiro atoms. The number of benzene rings is 1. The van der Waals surface area contributed by atoms with Crippen LogP contribution in [0.1, 0.15) is 44.6 Å². The molecule has 2 atom stereocenters. The van der Waals surface area contributed by atoms with Gasteiger partial charge in [0.15, 0.2) is 0 Å². The fraction of sp³-hybridized carbons (Fsp3) is 0.562. The van der Waals surface area contributed by atoms with Gasteiger partial charge in [0.05, 0.1) is 17.6 Å². The second-order valence-electron chi connectivity index (χ2n) is 6.72. The van der Waals surface area contributed by atoms with Gasteiger partial charge in [-0.1, -0.05) is 44.2 Å². The first-order valence-corrected chi connectivity index (χ1v) is 7.25. The predicted molar refractivity (Wildman–Crippen MR) is 77.7 cm³/mol. The van der Waals surface area contributed by atoms with Crippen LogP contribution in [-0.2, 0) is 0 Å². The van der Waals surface area contributed by atoms with Crippen molar-refractivity contribution in [3.63, 3.8) is 0 Å². The van der Waals surface area contributed by atoms with Crippen LogP contribution in [0.3, 0.4) is 0 Å². The SMILES string of the molecule is CC1(C)CC2(CCC1c1ccccc1)[N+](=O)CC=[N+]2[O-]. The van der Waals surface area contributed by atoms with Crippen molar-refractivity contribution in [3.05, 3.63) is 46.0 Å². The number of nitrogens with zero attached hydrogens (tertiary/aromatic N) is 2. The first-order chi connectivity index (χ1) is 9.46. The Morgan fingerprint density at radius 1 is 1.25 bits per heavy atom. The van der Waals surface area contributed by atoms with Gasteiger partial charge in [-0.05, 0) is 23.3 Å². The lowest BCUT2D eigenvalue weighted by Crippen LogP contribution is -2.52. The molecule has 0 radical (unpaired) electrons. The lowest BCUT2D eigenvalue weighted by Gasteiger charge is -2.41. The second-order valence-corrected chi connectivity index (χ2v) is 6.72. The Morgan fingerprint density at radius 3 is 2.50 bits per heavy atom. The molecule has 0 saturated heterocycles. The summed E-state index contributed by atoms with van der Waals surface area (Å²) in [6, 6.07) is 10.4. The molecule has 1 saturated carbocycles. The summed E-state index contributed by atoms with van der Waals surface area (Å²) in [6.45, 7) is 4.56. The smallest absolute Gasteiger partial charge is 0.406 e. The summed E-state index contributed by atoms with van der Waals surface area (Å²) in [4.78, 5) is 12.1. The molecule has 0 amide bonds. The minimum Gasteiger partial charge on any atom is -0.619 e. The van der Waals surface area contributed by atoms with Crippen molar-refractivity contribution in [1.29, 1.82) is 0 Å². The van der Waals surface area contributed by atoms with Crippen molar-refractivity contribution in [2.24, 2.45) is 5.41 Å². The van der Waals surface area contributed by atoms with E-state index in [1.807, 2.05) is 6.07 Å². The first-order valence-electron chi connectivity index (χ1n) is 7.25. The highest BCUT2D eigenvalue weighted by Gasteiger charge is 2.63. The molecule has 1 heterocycles. The normalized spacial score (nSPS) is 32.4. The van der Waals surface area contributed by atoms with E-state index >= 15 is 0 Å². The molecule has 4 nitrogen and oxygen atoms in total. The van der Waals surface area contributed by atoms with Crippen LogP contribution < -0.4 is 0 Å². The fourth-order valence-corrected chi connectivity index (χ4v) is 4.01. The molecule has 106 valence electrons. The van der Waals surface area contributed by atoms with Crippen LogP contribution in [0, 0.1) is 15.5 Å². The minimum absolute atomic E-state index is 0.0664. The van der Waals surface area contributed by atoms with E-state index in [-0.39, 0.29) is 12.0 Å². The number of hydroxylamine groups is 1. The molecule has 2 aliphatic rings. The van der Waals surface area contributed by atoms with E-state index in [0.717, 1.165) is 15.9 Å². The van der Waals surface area contributed by atoms with Crippen molar-refractivity contribution >= 4 is 6.21 Å². The van der Waals surface area contributed by atoms with Crippen LogP contribution in [0.15, 0.2) is 30.3 Å². The molecule has 3 rings (SSSR count). The molecular weight excluding hydrogens is 252 g/mol. The largest absolute Gasteiger partial charge is 0.619 e. The maximum Gasteiger partial charge on any atom is 0.406 e. The summed E-state index contributed by atoms with van der Waals surface area (Å²) in [5.74, 6) is 0.400. The van der Waals surface area contributed by atoms with E-state index in [2.05, 4.69) is 38.1 Å². The van der Waals surface area contributed by atoms with Crippen LogP contribution in [0.25, 0.3) is 0 Å². The molecule has 1 fully saturated rings. The summed E-state index contributed by atoms with van der Waals surface area (Å²) in [6.07, 6.45) is 3.61. The van der Waals surface area contributed by atoms with Crippen LogP contribution in [0.2, 0.25) is 0 Å². The third kappa shape index (κ3) is 1.86. The van der Waals surface area contributed by atoms with Crippen molar-refractivity contribution < 1.29 is 9.50 Å². The number of rotatable bonds is 1. The highest BCUT2D eigenvalue weighted by atomic mass is 16.5. The molecule has 2 unspecified atom stereocenters. The van der Waals surface area contributed by atoms with Gasteiger partial charge in [-0.25, -0.2) is 0 Å². The summed E-state index contributed by atoms with van der Waals surface area (Å²) in [7, 11) is 0. The Balaban J connectivity index is 1.92. The Labute approximate surface area is 119 Å². The van der Waals surface area contributed by atoms with Crippen molar-refractivity contribution in [2.75, 3.05) is 6.54 Å². The second kappa shape index (κ2) is 4.40. The number of hydrogen-bond donors (Lipinski definition) is 0. The highest BCUT2D eigenvalue weighted by Crippen LogP contribution is 2.51. The summed E-state index contributed by atoms with van der Waals surface area (Å²) in [5.41, 5.74) is 0.377. The van der Waals surface area contributed by atoms with Gasteiger partial charge < -0.3 is 5.21 Å². The maximum atomic E-state index is 12.1. The van der Waals surface area contributed by atoms with E-state index in [0.29, 0.717) is 18.8 Å². The standard InChI is InChI=1S/C16H21N2O2/c1-15(2)12-16(17(19)10-11-18(16)20)9-8-14(15)13-6-4-3-5-7-13/h3-7,10,14H,8-9,11-12H2,1-2H3/q+1. The Morgan fingerprint density at radius 2 is 1.95 bits per heavy atom. The average Bonchev–Trinajstić information content (AvgIpc) is 2.67. The monoisotopic (exact) mass is 273 g/mol. The third-order valence-corrected chi connectivity index (χ3v) is 5.01. The molecular formula is C16H21N2O2+. The molecule has 1 aromatic carbocycles. The fourth-order valence-electron chi connectivity index (χ4n) is 4.01. The lowest BCUT2D eigenvalue weighted by atomic mass is 9.62. The van der Waals surface area contributed by atoms with Crippen molar-refractivity contribution in [2.45, 2.75) is 44.7 Å². The van der Waals surface area contributed by atoms with Gasteiger partial charge in [-0.15, -0.1) is 4.74 Å². The molecule has 1 aliphatic heterocycles. The van der Waals surface area contributed by atoms with E-state index < -0.39 is 5.66 Å². The number of nitroso groups, excluding NO2 is 1. The van der Waals surface area contributed by atoms with Crippen molar-refractivity contribution in [1.82, 2.24) is 0 Å². The molecule has 1 aliphatic carbocycles. The van der Waals surface area contributed by atoms with Gasteiger partial charge in [0.25, 0.3) is 6.54 Å². The highest BCUT2D eigenvalue weighted by molar-refractivity contribution is 5.53. The Hall–Kier alpha value is -1.71. The average molecular weight is 273 g/mol. The minimum atomic E-state index is -0.866. The van der Waals surface area contributed by atoms with Crippen molar-refractivity contribution in [3.8, 4) is 0 Å². The van der Waals surface area contributed by atoms with Gasteiger partial charge in [-0.3, -0.25) is 0 Å². The Bertz CT molecular complexity index is 565. The molecule has 0 bridgehead atoms. The zero-order valence-corrected chi connectivity index (χ0v) is 12.1. The zero-order valence-electron chi connectivity index (χ0n) is 12.1. The number of hydrogen-bond acceptors (Lipinski definition) is 2. The summed E-state index contributed by atoms with van der Waals surface area (Å²) in [5, 5.41) is 12.1. The van der Waals surface area contributed by atoms with Gasteiger partial charge in [0, 0.05) is 4.91 Å². The molecule has 4 heteroatoms. The summed E-state index contributed by atoms with van der Waals surface area (Å²) < 4.78 is 1.88. The van der Waals surface area contributed by atoms with Crippen LogP contribution in [0.4, 0.5) is 0 Å². The van der Waals surface area contributed by atoms with E-state index in [4.69, 9.17) is 0 Å². The molecule has 0 N–H and O–H groups in total. The lowest BCUT2D eigenvalue weighted by molar-refractivity contribution is -0.789. The van der Waals surface area contributed by atoms with Crippen LogP contribution in [0.5, 0.6) is 0 Å². The summed E-state index contributed by atoms with van der Waals surface area (Å²) >= 11 is 0. The predicted octanol–water partition coefficient (Wildman–Crippen LogP) is 3.05. The maximum absolute atomic E-state index is 12.1. The molecule has 0 aromatic heterocycles. The van der Waals surface area contributed by atoms with Crippen LogP contribution >= 0.6 is 0 Å². The first kappa shape index (κ1) is 13.3. The topological polar surface area (TPSA) is 46.1 Å². The quantitative estimate of drug-likeness (QED) is 0.583. The van der Waals surface area contributed by atoms with Gasteiger partial charge in [0.1, 0.15) is 0 Å². The zero-order chi connectivity index (χ0) is 14.4. The van der Waals surface area contributed by atoms with E-state index in [9.17, 15) is 10.1 Å². The van der Waals surface area contributed by atoms with Gasteiger partial charge >= 0.3 is 5.66 Å². The third-order valence-electron chi connectivity index (χ3n) is 5.01. The van der Waals surface area contributed by atoms with Gasteiger partial charge in [0.2, 0.25) is 6.21 Å². The molecule has 20 heavy (non-hydrogen) atoms. The Kier molecular flexibility index (Phi) is 2.92. The molecule has 1 aromatic rings. The van der Waals surface area contributed by atoms with E-state index in [1.54, 1.807) is 0 Å². The van der Waals surface area contributed by atoms with Crippen LogP contribution in [-0.4, -0.2) is 27.9 Å². The van der Waals surface area contributed by atoms with Gasteiger partial charge in [-0.2, -0.15) is 0 Å².